The molecule has 0 saturated heterocycles. The van der Waals surface area contributed by atoms with Gasteiger partial charge in [0.1, 0.15) is 11.9 Å². The van der Waals surface area contributed by atoms with Crippen molar-refractivity contribution in [1.29, 1.82) is 5.26 Å². The third-order valence-corrected chi connectivity index (χ3v) is 8.01. The molecule has 0 bridgehead atoms. The molecule has 2 fully saturated rings. The van der Waals surface area contributed by atoms with Gasteiger partial charge in [0.05, 0.1) is 24.3 Å². The zero-order chi connectivity index (χ0) is 29.5. The number of anilines is 2. The van der Waals surface area contributed by atoms with Crippen molar-refractivity contribution in [3.05, 3.63) is 70.8 Å². The maximum absolute atomic E-state index is 13.0. The molecule has 5 rings (SSSR count). The summed E-state index contributed by atoms with van der Waals surface area (Å²) >= 11 is 5.98. The summed E-state index contributed by atoms with van der Waals surface area (Å²) in [6.45, 7) is 0.392. The van der Waals surface area contributed by atoms with Crippen molar-refractivity contribution in [2.45, 2.75) is 57.5 Å². The zero-order valence-corrected chi connectivity index (χ0v) is 24.2. The van der Waals surface area contributed by atoms with Gasteiger partial charge >= 0.3 is 5.97 Å². The van der Waals surface area contributed by atoms with Gasteiger partial charge in [-0.25, -0.2) is 14.8 Å². The molecule has 2 N–H and O–H groups in total. The Morgan fingerprint density at radius 2 is 1.83 bits per heavy atom. The Kier molecular flexibility index (Phi) is 9.18. The van der Waals surface area contributed by atoms with Gasteiger partial charge in [-0.05, 0) is 74.3 Å². The van der Waals surface area contributed by atoms with E-state index in [0.717, 1.165) is 44.1 Å². The Hall–Kier alpha value is -4.23. The number of pyridine rings is 1. The number of carbonyl (C=O) groups excluding carboxylic acids is 2. The SMILES string of the molecule is COC(=O)c1ccc(NC(=O)C[C@H]2CC[C@H](Oc3ccnc(Cc4ccc(Cl)cc4)n3)CC2)c(NCC2(C#N)CC2)n1. The van der Waals surface area contributed by atoms with Crippen molar-refractivity contribution >= 4 is 35.0 Å². The number of esters is 1. The van der Waals surface area contributed by atoms with E-state index in [1.54, 1.807) is 18.3 Å². The van der Waals surface area contributed by atoms with E-state index < -0.39 is 11.4 Å². The molecule has 11 heteroatoms. The third kappa shape index (κ3) is 7.74. The summed E-state index contributed by atoms with van der Waals surface area (Å²) in [4.78, 5) is 38.3. The summed E-state index contributed by atoms with van der Waals surface area (Å²) in [7, 11) is 1.29. The van der Waals surface area contributed by atoms with Gasteiger partial charge in [-0.3, -0.25) is 4.79 Å². The van der Waals surface area contributed by atoms with E-state index in [-0.39, 0.29) is 23.6 Å². The molecule has 2 saturated carbocycles. The van der Waals surface area contributed by atoms with Crippen molar-refractivity contribution in [2.75, 3.05) is 24.3 Å². The van der Waals surface area contributed by atoms with Crippen LogP contribution in [0.4, 0.5) is 11.5 Å². The highest BCUT2D eigenvalue weighted by Crippen LogP contribution is 2.45. The van der Waals surface area contributed by atoms with E-state index in [4.69, 9.17) is 21.1 Å². The first kappa shape index (κ1) is 29.3. The second-order valence-corrected chi connectivity index (χ2v) is 11.4. The molecule has 0 atom stereocenters. The lowest BCUT2D eigenvalue weighted by atomic mass is 9.85. The van der Waals surface area contributed by atoms with Crippen LogP contribution in [0.1, 0.15) is 66.8 Å². The van der Waals surface area contributed by atoms with Gasteiger partial charge in [0.25, 0.3) is 0 Å². The smallest absolute Gasteiger partial charge is 0.356 e. The van der Waals surface area contributed by atoms with E-state index in [2.05, 4.69) is 31.7 Å². The van der Waals surface area contributed by atoms with Crippen LogP contribution in [0, 0.1) is 22.7 Å². The van der Waals surface area contributed by atoms with Gasteiger partial charge in [0.15, 0.2) is 11.5 Å². The summed E-state index contributed by atoms with van der Waals surface area (Å²) in [5, 5.41) is 16.2. The average molecular weight is 589 g/mol. The molecule has 2 heterocycles. The lowest BCUT2D eigenvalue weighted by molar-refractivity contribution is -0.117. The summed E-state index contributed by atoms with van der Waals surface area (Å²) in [5.41, 5.74) is 1.24. The first-order valence-corrected chi connectivity index (χ1v) is 14.5. The van der Waals surface area contributed by atoms with Crippen molar-refractivity contribution in [3.63, 3.8) is 0 Å². The average Bonchev–Trinajstić information content (AvgIpc) is 3.79. The molecular formula is C31H33ClN6O4. The van der Waals surface area contributed by atoms with Crippen LogP contribution in [0.3, 0.4) is 0 Å². The second-order valence-electron chi connectivity index (χ2n) is 11.0. The van der Waals surface area contributed by atoms with Crippen LogP contribution in [0.5, 0.6) is 5.88 Å². The molecule has 218 valence electrons. The monoisotopic (exact) mass is 588 g/mol. The largest absolute Gasteiger partial charge is 0.474 e. The normalized spacial score (nSPS) is 18.8. The van der Waals surface area contributed by atoms with Crippen LogP contribution in [0.2, 0.25) is 5.02 Å². The Morgan fingerprint density at radius 3 is 2.52 bits per heavy atom. The van der Waals surface area contributed by atoms with E-state index >= 15 is 0 Å². The van der Waals surface area contributed by atoms with Crippen LogP contribution >= 0.6 is 11.6 Å². The molecule has 2 aliphatic carbocycles. The topological polar surface area (TPSA) is 139 Å². The van der Waals surface area contributed by atoms with Gasteiger partial charge in [-0.15, -0.1) is 0 Å². The predicted molar refractivity (Wildman–Crippen MR) is 157 cm³/mol. The van der Waals surface area contributed by atoms with Crippen LogP contribution < -0.4 is 15.4 Å². The van der Waals surface area contributed by atoms with E-state index in [1.807, 2.05) is 24.3 Å². The van der Waals surface area contributed by atoms with Gasteiger partial charge in [0.2, 0.25) is 11.8 Å². The number of benzene rings is 1. The number of carbonyl (C=O) groups is 2. The molecule has 1 aromatic carbocycles. The van der Waals surface area contributed by atoms with E-state index in [9.17, 15) is 14.9 Å². The fourth-order valence-corrected chi connectivity index (χ4v) is 5.17. The molecule has 0 unspecified atom stereocenters. The number of nitrogens with zero attached hydrogens (tertiary/aromatic N) is 4. The molecule has 2 aromatic heterocycles. The zero-order valence-electron chi connectivity index (χ0n) is 23.4. The van der Waals surface area contributed by atoms with Gasteiger partial charge in [-0.2, -0.15) is 10.2 Å². The van der Waals surface area contributed by atoms with Gasteiger partial charge < -0.3 is 20.1 Å². The minimum absolute atomic E-state index is 0.0309. The highest BCUT2D eigenvalue weighted by molar-refractivity contribution is 6.30. The number of hydrogen-bond donors (Lipinski definition) is 2. The number of hydrogen-bond acceptors (Lipinski definition) is 9. The second kappa shape index (κ2) is 13.2. The van der Waals surface area contributed by atoms with Crippen LogP contribution in [-0.4, -0.2) is 46.6 Å². The van der Waals surface area contributed by atoms with Gasteiger partial charge in [-0.1, -0.05) is 23.7 Å². The first-order valence-electron chi connectivity index (χ1n) is 14.1. The number of aromatic nitrogens is 3. The molecule has 10 nitrogen and oxygen atoms in total. The van der Waals surface area contributed by atoms with Crippen molar-refractivity contribution in [3.8, 4) is 11.9 Å². The lowest BCUT2D eigenvalue weighted by Gasteiger charge is -2.28. The number of nitrogens with one attached hydrogen (secondary N) is 2. The van der Waals surface area contributed by atoms with Crippen LogP contribution in [0.15, 0.2) is 48.7 Å². The number of halogens is 1. The maximum Gasteiger partial charge on any atom is 0.356 e. The number of nitriles is 1. The van der Waals surface area contributed by atoms with Crippen molar-refractivity contribution in [1.82, 2.24) is 15.0 Å². The fraction of sp³-hybridized carbons (Fsp3) is 0.419. The first-order chi connectivity index (χ1) is 20.3. The molecule has 1 amide bonds. The summed E-state index contributed by atoms with van der Waals surface area (Å²) in [6, 6.07) is 14.9. The van der Waals surface area contributed by atoms with E-state index in [0.29, 0.717) is 47.6 Å². The fourth-order valence-electron chi connectivity index (χ4n) is 5.05. The number of methoxy groups -OCH3 is 1. The molecular weight excluding hydrogens is 556 g/mol. The van der Waals surface area contributed by atoms with Crippen LogP contribution in [0.25, 0.3) is 0 Å². The highest BCUT2D eigenvalue weighted by Gasteiger charge is 2.43. The Morgan fingerprint density at radius 1 is 1.07 bits per heavy atom. The number of amides is 1. The maximum atomic E-state index is 13.0. The standard InChI is InChI=1S/C31H33ClN6O4/c1-41-30(40)25-11-10-24(29(37-25)35-19-31(18-33)13-14-31)36-27(39)17-21-4-8-23(9-5-21)42-28-12-15-34-26(38-28)16-20-2-6-22(32)7-3-20/h2-3,6-7,10-12,15,21,23H,4-5,8-9,13-14,16-17,19H2,1H3,(H,35,37)(H,36,39)/t21-,23-. The molecule has 0 spiro atoms. The van der Waals surface area contributed by atoms with Crippen LogP contribution in [-0.2, 0) is 16.0 Å². The molecule has 3 aromatic rings. The Labute approximate surface area is 249 Å². The quantitative estimate of drug-likeness (QED) is 0.274. The van der Waals surface area contributed by atoms with Crippen molar-refractivity contribution < 1.29 is 19.1 Å². The number of ether oxygens (including phenoxy) is 2. The Balaban J connectivity index is 1.12. The summed E-state index contributed by atoms with van der Waals surface area (Å²) < 4.78 is 11.0. The van der Waals surface area contributed by atoms with E-state index in [1.165, 1.54) is 13.2 Å². The summed E-state index contributed by atoms with van der Waals surface area (Å²) in [6.07, 6.45) is 7.69. The highest BCUT2D eigenvalue weighted by atomic mass is 35.5. The predicted octanol–water partition coefficient (Wildman–Crippen LogP) is 5.58. The minimum Gasteiger partial charge on any atom is -0.474 e. The lowest BCUT2D eigenvalue weighted by Crippen LogP contribution is -2.27. The molecule has 0 aliphatic heterocycles. The molecule has 42 heavy (non-hydrogen) atoms. The van der Waals surface area contributed by atoms with Gasteiger partial charge in [0, 0.05) is 36.7 Å². The Bertz CT molecular complexity index is 1460. The summed E-state index contributed by atoms with van der Waals surface area (Å²) in [5.74, 6) is 1.12. The molecule has 2 aliphatic rings. The minimum atomic E-state index is -0.573. The van der Waals surface area contributed by atoms with Crippen molar-refractivity contribution in [2.24, 2.45) is 11.3 Å². The number of rotatable bonds is 11. The molecule has 0 radical (unpaired) electrons. The third-order valence-electron chi connectivity index (χ3n) is 7.76.